The van der Waals surface area contributed by atoms with E-state index in [1.807, 2.05) is 0 Å². The Morgan fingerprint density at radius 2 is 1.67 bits per heavy atom. The van der Waals surface area contributed by atoms with Crippen LogP contribution in [0, 0.1) is 5.92 Å². The fourth-order valence-corrected chi connectivity index (χ4v) is 1.21. The van der Waals surface area contributed by atoms with Crippen LogP contribution in [0.4, 0.5) is 0 Å². The second-order valence-corrected chi connectivity index (χ2v) is 4.87. The molecule has 1 amide bonds. The molecule has 0 aromatic heterocycles. The van der Waals surface area contributed by atoms with E-state index in [4.69, 9.17) is 4.74 Å². The quantitative estimate of drug-likeness (QED) is 0.448. The van der Waals surface area contributed by atoms with Crippen LogP contribution in [0.2, 0.25) is 0 Å². The van der Waals surface area contributed by atoms with Gasteiger partial charge in [0, 0.05) is 25.0 Å². The summed E-state index contributed by atoms with van der Waals surface area (Å²) in [5, 5.41) is 5.89. The van der Waals surface area contributed by atoms with Crippen LogP contribution in [-0.2, 0) is 14.3 Å². The minimum absolute atomic E-state index is 0.0328. The van der Waals surface area contributed by atoms with Gasteiger partial charge in [0.15, 0.2) is 0 Å². The number of hydrogen-bond donors (Lipinski definition) is 2. The smallest absolute Gasteiger partial charge is 0.227 e. The van der Waals surface area contributed by atoms with Crippen LogP contribution in [-0.4, -0.2) is 44.0 Å². The Morgan fingerprint density at radius 3 is 2.22 bits per heavy atom. The fourth-order valence-electron chi connectivity index (χ4n) is 1.21. The zero-order chi connectivity index (χ0) is 14.0. The molecule has 0 bridgehead atoms. The van der Waals surface area contributed by atoms with E-state index in [2.05, 4.69) is 24.5 Å². The summed E-state index contributed by atoms with van der Waals surface area (Å²) in [6.45, 7) is 10.1. The summed E-state index contributed by atoms with van der Waals surface area (Å²) >= 11 is 0. The molecule has 18 heavy (non-hydrogen) atoms. The van der Waals surface area contributed by atoms with Crippen LogP contribution in [0.15, 0.2) is 0 Å². The highest BCUT2D eigenvalue weighted by Gasteiger charge is 2.11. The minimum Gasteiger partial charge on any atom is -0.378 e. The first-order valence-corrected chi connectivity index (χ1v) is 6.54. The van der Waals surface area contributed by atoms with Crippen LogP contribution in [0.1, 0.15) is 34.1 Å². The van der Waals surface area contributed by atoms with Crippen LogP contribution in [0.25, 0.3) is 0 Å². The van der Waals surface area contributed by atoms with E-state index in [0.29, 0.717) is 25.8 Å². The molecule has 2 N–H and O–H groups in total. The van der Waals surface area contributed by atoms with Gasteiger partial charge in [-0.25, -0.2) is 0 Å². The second kappa shape index (κ2) is 10.0. The van der Waals surface area contributed by atoms with Gasteiger partial charge in [-0.05, 0) is 0 Å². The second-order valence-electron chi connectivity index (χ2n) is 4.87. The molecule has 0 aliphatic heterocycles. The van der Waals surface area contributed by atoms with Crippen molar-refractivity contribution in [1.82, 2.24) is 10.6 Å². The average molecular weight is 258 g/mol. The molecule has 0 fully saturated rings. The van der Waals surface area contributed by atoms with Crippen molar-refractivity contribution in [1.29, 1.82) is 0 Å². The monoisotopic (exact) mass is 258 g/mol. The number of amides is 1. The largest absolute Gasteiger partial charge is 0.378 e. The van der Waals surface area contributed by atoms with Gasteiger partial charge in [-0.15, -0.1) is 0 Å². The summed E-state index contributed by atoms with van der Waals surface area (Å²) in [5.74, 6) is -0.346. The normalized spacial score (nSPS) is 11.0. The number of Topliss-reactive ketones (excluding diaryl/α,β-unsaturated/α-hetero) is 1. The van der Waals surface area contributed by atoms with E-state index in [1.54, 1.807) is 13.8 Å². The fraction of sp³-hybridized carbons (Fsp3) is 0.846. The average Bonchev–Trinajstić information content (AvgIpc) is 2.27. The maximum atomic E-state index is 11.3. The Hall–Kier alpha value is -0.940. The van der Waals surface area contributed by atoms with Crippen molar-refractivity contribution in [2.45, 2.75) is 40.2 Å². The lowest BCUT2D eigenvalue weighted by molar-refractivity contribution is -0.129. The Bertz CT molecular complexity index is 253. The van der Waals surface area contributed by atoms with Crippen molar-refractivity contribution in [3.8, 4) is 0 Å². The molecule has 0 unspecified atom stereocenters. The Balaban J connectivity index is 3.38. The molecule has 0 aromatic carbocycles. The molecule has 0 saturated heterocycles. The van der Waals surface area contributed by atoms with Gasteiger partial charge >= 0.3 is 0 Å². The predicted molar refractivity (Wildman–Crippen MR) is 71.4 cm³/mol. The molecule has 0 spiro atoms. The molecule has 0 atom stereocenters. The van der Waals surface area contributed by atoms with Gasteiger partial charge in [0.25, 0.3) is 0 Å². The molecular weight excluding hydrogens is 232 g/mol. The zero-order valence-electron chi connectivity index (χ0n) is 11.9. The van der Waals surface area contributed by atoms with Gasteiger partial charge in [0.2, 0.25) is 5.91 Å². The number of nitrogens with one attached hydrogen (secondary N) is 2. The number of rotatable bonds is 10. The van der Waals surface area contributed by atoms with E-state index in [1.165, 1.54) is 0 Å². The third-order valence-electron chi connectivity index (χ3n) is 2.35. The number of carbonyl (C=O) groups is 2. The maximum absolute atomic E-state index is 11.3. The van der Waals surface area contributed by atoms with Crippen LogP contribution >= 0.6 is 0 Å². The number of ether oxygens (including phenoxy) is 1. The van der Waals surface area contributed by atoms with Crippen molar-refractivity contribution >= 4 is 11.7 Å². The molecule has 0 rings (SSSR count). The van der Waals surface area contributed by atoms with E-state index in [9.17, 15) is 9.59 Å². The van der Waals surface area contributed by atoms with E-state index in [0.717, 1.165) is 6.54 Å². The summed E-state index contributed by atoms with van der Waals surface area (Å²) in [7, 11) is 0. The van der Waals surface area contributed by atoms with Gasteiger partial charge in [-0.1, -0.05) is 27.7 Å². The van der Waals surface area contributed by atoms with Gasteiger partial charge in [-0.2, -0.15) is 0 Å². The first-order chi connectivity index (χ1) is 8.43. The standard InChI is InChI=1S/C13H26N2O3/c1-10(2)12(16)9-13(17)15-6-8-18-7-5-14-11(3)4/h10-11,14H,5-9H2,1-4H3,(H,15,17). The van der Waals surface area contributed by atoms with Crippen molar-refractivity contribution in [2.75, 3.05) is 26.3 Å². The lowest BCUT2D eigenvalue weighted by atomic mass is 10.1. The summed E-state index contributed by atoms with van der Waals surface area (Å²) in [5.41, 5.74) is 0. The van der Waals surface area contributed by atoms with Crippen LogP contribution in [0.3, 0.4) is 0 Å². The summed E-state index contributed by atoms with van der Waals surface area (Å²) in [6, 6.07) is 0.454. The Morgan fingerprint density at radius 1 is 1.06 bits per heavy atom. The highest BCUT2D eigenvalue weighted by atomic mass is 16.5. The number of hydrogen-bond acceptors (Lipinski definition) is 4. The Kier molecular flexibility index (Phi) is 9.50. The summed E-state index contributed by atoms with van der Waals surface area (Å²) < 4.78 is 5.32. The lowest BCUT2D eigenvalue weighted by Crippen LogP contribution is -2.31. The molecule has 0 heterocycles. The van der Waals surface area contributed by atoms with Crippen LogP contribution < -0.4 is 10.6 Å². The van der Waals surface area contributed by atoms with Gasteiger partial charge in [0.05, 0.1) is 19.6 Å². The number of carbonyl (C=O) groups excluding carboxylic acids is 2. The highest BCUT2D eigenvalue weighted by molar-refractivity contribution is 5.98. The van der Waals surface area contributed by atoms with Crippen molar-refractivity contribution in [3.63, 3.8) is 0 Å². The van der Waals surface area contributed by atoms with Crippen LogP contribution in [0.5, 0.6) is 0 Å². The molecule has 0 saturated carbocycles. The number of ketones is 1. The third-order valence-corrected chi connectivity index (χ3v) is 2.35. The SMILES string of the molecule is CC(C)NCCOCCNC(=O)CC(=O)C(C)C. The third kappa shape index (κ3) is 10.2. The summed E-state index contributed by atoms with van der Waals surface area (Å²) in [6.07, 6.45) is -0.0351. The van der Waals surface area contributed by atoms with Gasteiger partial charge < -0.3 is 15.4 Å². The topological polar surface area (TPSA) is 67.4 Å². The van der Waals surface area contributed by atoms with E-state index >= 15 is 0 Å². The minimum atomic E-state index is -0.224. The van der Waals surface area contributed by atoms with Crippen molar-refractivity contribution < 1.29 is 14.3 Å². The molecule has 0 aliphatic carbocycles. The molecule has 106 valence electrons. The Labute approximate surface area is 110 Å². The lowest BCUT2D eigenvalue weighted by Gasteiger charge is -2.09. The van der Waals surface area contributed by atoms with E-state index < -0.39 is 0 Å². The highest BCUT2D eigenvalue weighted by Crippen LogP contribution is 1.97. The predicted octanol–water partition coefficient (Wildman–Crippen LogP) is 0.732. The maximum Gasteiger partial charge on any atom is 0.227 e. The van der Waals surface area contributed by atoms with Crippen molar-refractivity contribution in [3.05, 3.63) is 0 Å². The van der Waals surface area contributed by atoms with E-state index in [-0.39, 0.29) is 24.0 Å². The summed E-state index contributed by atoms with van der Waals surface area (Å²) in [4.78, 5) is 22.6. The van der Waals surface area contributed by atoms with Crippen molar-refractivity contribution in [2.24, 2.45) is 5.92 Å². The van der Waals surface area contributed by atoms with Gasteiger partial charge in [-0.3, -0.25) is 9.59 Å². The first kappa shape index (κ1) is 17.1. The zero-order valence-corrected chi connectivity index (χ0v) is 11.9. The van der Waals surface area contributed by atoms with Gasteiger partial charge in [0.1, 0.15) is 5.78 Å². The first-order valence-electron chi connectivity index (χ1n) is 6.54. The molecule has 5 heteroatoms. The molecular formula is C13H26N2O3. The molecule has 0 aromatic rings. The molecule has 0 aliphatic rings. The molecule has 0 radical (unpaired) electrons. The molecule has 5 nitrogen and oxygen atoms in total.